The predicted molar refractivity (Wildman–Crippen MR) is 139 cm³/mol. The van der Waals surface area contributed by atoms with Crippen LogP contribution in [0.25, 0.3) is 5.70 Å². The van der Waals surface area contributed by atoms with E-state index in [1.54, 1.807) is 24.1 Å². The Kier molecular flexibility index (Phi) is 12.5. The zero-order chi connectivity index (χ0) is 27.5. The van der Waals surface area contributed by atoms with Crippen LogP contribution in [-0.2, 0) is 11.2 Å². The Labute approximate surface area is 212 Å². The third-order valence-electron chi connectivity index (χ3n) is 5.88. The van der Waals surface area contributed by atoms with Crippen LogP contribution >= 0.6 is 0 Å². The topological polar surface area (TPSA) is 162 Å². The molecule has 0 spiro atoms. The van der Waals surface area contributed by atoms with Gasteiger partial charge in [-0.1, -0.05) is 20.8 Å². The number of hydrogen-bond donors (Lipinski definition) is 5. The van der Waals surface area contributed by atoms with Crippen LogP contribution in [0.3, 0.4) is 0 Å². The molecule has 0 radical (unpaired) electrons. The number of piperidine rings is 1. The monoisotopic (exact) mass is 512 g/mol. The van der Waals surface area contributed by atoms with Gasteiger partial charge in [-0.25, -0.2) is 25.5 Å². The van der Waals surface area contributed by atoms with Gasteiger partial charge < -0.3 is 20.7 Å². The number of alkyl halides is 2. The molecule has 10 nitrogen and oxygen atoms in total. The summed E-state index contributed by atoms with van der Waals surface area (Å²) in [4.78, 5) is 14.7. The molecule has 0 amide bonds. The van der Waals surface area contributed by atoms with Crippen molar-refractivity contribution in [1.82, 2.24) is 15.0 Å². The molecule has 1 saturated carbocycles. The van der Waals surface area contributed by atoms with Crippen LogP contribution in [0.15, 0.2) is 17.8 Å². The minimum atomic E-state index is -2.69. The number of hydrogen-bond acceptors (Lipinski definition) is 8. The van der Waals surface area contributed by atoms with Crippen molar-refractivity contribution in [2.24, 2.45) is 23.3 Å². The zero-order valence-electron chi connectivity index (χ0n) is 21.8. The fourth-order valence-electron chi connectivity index (χ4n) is 3.87. The normalized spacial score (nSPS) is 16.9. The number of aromatic nitrogens is 1. The molecule has 1 saturated heterocycles. The Hall–Kier alpha value is -2.99. The van der Waals surface area contributed by atoms with Crippen molar-refractivity contribution in [2.45, 2.75) is 65.2 Å². The summed E-state index contributed by atoms with van der Waals surface area (Å²) in [7, 11) is 1.66. The molecule has 0 aromatic carbocycles. The standard InChI is InChI=1S/C21H34F2N8.C2H6.CH2O2/c1-3-15-17(30-10-4-9-21(22,23)13-30)8-7-16(28-15)20(25)18(29(2)26)12-31(27)19(24)11-14-5-6-14;1-2;2-1-3/h7-8,14,24H,3-6,9-13,25-27H2,1-2H3;1-2H3;1H,(H,2,3)/b20-18-,24-19?;;. The Bertz CT molecular complexity index is 891. The first-order valence-corrected chi connectivity index (χ1v) is 12.3. The molecular weight excluding hydrogens is 470 g/mol. The van der Waals surface area contributed by atoms with E-state index in [1.165, 1.54) is 10.0 Å². The second-order valence-electron chi connectivity index (χ2n) is 8.70. The number of hydrazine groups is 2. The van der Waals surface area contributed by atoms with Crippen molar-refractivity contribution in [1.29, 1.82) is 5.41 Å². The van der Waals surface area contributed by atoms with Gasteiger partial charge >= 0.3 is 0 Å². The van der Waals surface area contributed by atoms with Gasteiger partial charge in [-0.3, -0.25) is 15.2 Å². The van der Waals surface area contributed by atoms with Gasteiger partial charge in [0.25, 0.3) is 12.4 Å². The summed E-state index contributed by atoms with van der Waals surface area (Å²) in [6.45, 7) is 6.15. The summed E-state index contributed by atoms with van der Waals surface area (Å²) in [6.07, 6.45) is 3.87. The molecule has 204 valence electrons. The molecule has 0 bridgehead atoms. The molecule has 2 aliphatic rings. The van der Waals surface area contributed by atoms with Crippen molar-refractivity contribution in [3.63, 3.8) is 0 Å². The van der Waals surface area contributed by atoms with Crippen LogP contribution in [0.4, 0.5) is 14.5 Å². The first kappa shape index (κ1) is 31.0. The second kappa shape index (κ2) is 14.5. The molecule has 36 heavy (non-hydrogen) atoms. The summed E-state index contributed by atoms with van der Waals surface area (Å²) < 4.78 is 27.8. The number of nitrogens with two attached hydrogens (primary N) is 3. The van der Waals surface area contributed by atoms with Gasteiger partial charge in [0.2, 0.25) is 0 Å². The molecule has 2 heterocycles. The highest BCUT2D eigenvalue weighted by molar-refractivity contribution is 5.79. The molecule has 3 rings (SSSR count). The SMILES string of the molecule is CC.CCc1nc(/C(N)=C(\CN(N)C(=N)CC2CC2)N(C)N)ccc1N1CCCC(F)(F)C1.O=CO. The first-order valence-electron chi connectivity index (χ1n) is 12.3. The van der Waals surface area contributed by atoms with E-state index in [0.717, 1.165) is 12.8 Å². The molecule has 2 fully saturated rings. The van der Waals surface area contributed by atoms with Gasteiger partial charge in [-0.15, -0.1) is 0 Å². The van der Waals surface area contributed by atoms with E-state index in [9.17, 15) is 8.78 Å². The average Bonchev–Trinajstić information content (AvgIpc) is 3.66. The highest BCUT2D eigenvalue weighted by atomic mass is 19.3. The third-order valence-corrected chi connectivity index (χ3v) is 5.88. The fourth-order valence-corrected chi connectivity index (χ4v) is 3.87. The number of nitrogens with one attached hydrogen (secondary N) is 1. The van der Waals surface area contributed by atoms with Gasteiger partial charge in [0.1, 0.15) is 5.84 Å². The van der Waals surface area contributed by atoms with E-state index in [-0.39, 0.29) is 26.0 Å². The molecule has 1 aromatic rings. The van der Waals surface area contributed by atoms with Gasteiger partial charge in [0.15, 0.2) is 0 Å². The molecule has 1 aliphatic carbocycles. The lowest BCUT2D eigenvalue weighted by atomic mass is 10.1. The van der Waals surface area contributed by atoms with E-state index < -0.39 is 5.92 Å². The lowest BCUT2D eigenvalue weighted by molar-refractivity contribution is -0.122. The van der Waals surface area contributed by atoms with Crippen LogP contribution in [0.1, 0.15) is 64.3 Å². The van der Waals surface area contributed by atoms with E-state index in [1.807, 2.05) is 20.8 Å². The van der Waals surface area contributed by atoms with Crippen LogP contribution in [0.2, 0.25) is 0 Å². The number of amidine groups is 1. The smallest absolute Gasteiger partial charge is 0.290 e. The first-order chi connectivity index (χ1) is 17.0. The molecule has 12 heteroatoms. The Morgan fingerprint density at radius 1 is 1.33 bits per heavy atom. The minimum absolute atomic E-state index is 0.0797. The number of pyridine rings is 1. The largest absolute Gasteiger partial charge is 0.483 e. The fraction of sp³-hybridized carbons (Fsp3) is 0.625. The van der Waals surface area contributed by atoms with Crippen LogP contribution < -0.4 is 22.3 Å². The zero-order valence-corrected chi connectivity index (χ0v) is 21.8. The summed E-state index contributed by atoms with van der Waals surface area (Å²) in [5.74, 6) is 10.3. The maximum Gasteiger partial charge on any atom is 0.290 e. The number of anilines is 1. The number of carbonyl (C=O) groups is 1. The highest BCUT2D eigenvalue weighted by Gasteiger charge is 2.36. The molecule has 1 aromatic heterocycles. The molecule has 1 aliphatic heterocycles. The van der Waals surface area contributed by atoms with E-state index >= 15 is 0 Å². The number of rotatable bonds is 8. The predicted octanol–water partition coefficient (Wildman–Crippen LogP) is 2.99. The summed E-state index contributed by atoms with van der Waals surface area (Å²) in [5.41, 5.74) is 9.23. The summed E-state index contributed by atoms with van der Waals surface area (Å²) in [6, 6.07) is 3.54. The van der Waals surface area contributed by atoms with E-state index in [2.05, 4.69) is 4.98 Å². The highest BCUT2D eigenvalue weighted by Crippen LogP contribution is 2.33. The Balaban J connectivity index is 0.00000120. The lowest BCUT2D eigenvalue weighted by Crippen LogP contribution is -2.43. The summed E-state index contributed by atoms with van der Waals surface area (Å²) >= 11 is 0. The van der Waals surface area contributed by atoms with E-state index in [4.69, 9.17) is 32.7 Å². The van der Waals surface area contributed by atoms with Crippen molar-refractivity contribution in [2.75, 3.05) is 31.6 Å². The van der Waals surface area contributed by atoms with Crippen molar-refractivity contribution in [3.8, 4) is 0 Å². The number of nitrogens with zero attached hydrogens (tertiary/aromatic N) is 4. The maximum atomic E-state index is 13.9. The van der Waals surface area contributed by atoms with Crippen LogP contribution in [0.5, 0.6) is 0 Å². The van der Waals surface area contributed by atoms with Gasteiger partial charge in [0, 0.05) is 26.4 Å². The molecule has 0 unspecified atom stereocenters. The van der Waals surface area contributed by atoms with Crippen molar-refractivity contribution < 1.29 is 18.7 Å². The average molecular weight is 513 g/mol. The Morgan fingerprint density at radius 3 is 2.44 bits per heavy atom. The van der Waals surface area contributed by atoms with E-state index in [0.29, 0.717) is 66.0 Å². The third kappa shape index (κ3) is 9.23. The Morgan fingerprint density at radius 2 is 1.94 bits per heavy atom. The number of aryl methyl sites for hydroxylation is 1. The summed E-state index contributed by atoms with van der Waals surface area (Å²) in [5, 5.41) is 17.8. The molecular formula is C24H42F2N8O2. The number of carboxylic acid groups (broad SMARTS) is 1. The quantitative estimate of drug-likeness (QED) is 0.116. The van der Waals surface area contributed by atoms with Crippen LogP contribution in [-0.4, -0.2) is 65.0 Å². The number of likely N-dealkylation sites (N-methyl/N-ethyl adjacent to an activating group) is 1. The molecule has 8 N–H and O–H groups in total. The second-order valence-corrected chi connectivity index (χ2v) is 8.70. The van der Waals surface area contributed by atoms with Crippen molar-refractivity contribution in [3.05, 3.63) is 29.2 Å². The van der Waals surface area contributed by atoms with Crippen molar-refractivity contribution >= 4 is 23.7 Å². The minimum Gasteiger partial charge on any atom is -0.483 e. The van der Waals surface area contributed by atoms with Gasteiger partial charge in [-0.05, 0) is 43.7 Å². The van der Waals surface area contributed by atoms with Crippen LogP contribution in [0, 0.1) is 11.3 Å². The van der Waals surface area contributed by atoms with Gasteiger partial charge in [-0.2, -0.15) is 0 Å². The lowest BCUT2D eigenvalue weighted by Gasteiger charge is -2.35. The van der Waals surface area contributed by atoms with Gasteiger partial charge in [0.05, 0.1) is 41.6 Å². The maximum absolute atomic E-state index is 13.9. The molecule has 0 atom stereocenters. The number of halogens is 2.